The normalized spacial score (nSPS) is 48.8. The van der Waals surface area contributed by atoms with Crippen molar-refractivity contribution in [1.82, 2.24) is 0 Å². The molecular formula is C11H20O. The predicted molar refractivity (Wildman–Crippen MR) is 51.9 cm³/mol. The average molecular weight is 168 g/mol. The van der Waals surface area contributed by atoms with Crippen molar-refractivity contribution in [2.75, 3.05) is 0 Å². The van der Waals surface area contributed by atoms with Crippen molar-refractivity contribution in [1.29, 1.82) is 0 Å². The molecule has 3 unspecified atom stereocenters. The van der Waals surface area contributed by atoms with Gasteiger partial charge in [0.25, 0.3) is 0 Å². The van der Waals surface area contributed by atoms with E-state index in [4.69, 9.17) is 0 Å². The summed E-state index contributed by atoms with van der Waals surface area (Å²) < 4.78 is 0. The Kier molecular flexibility index (Phi) is 2.35. The van der Waals surface area contributed by atoms with Gasteiger partial charge in [0.05, 0.1) is 5.60 Å². The first-order valence-electron chi connectivity index (χ1n) is 4.73. The fourth-order valence-corrected chi connectivity index (χ4v) is 2.79. The van der Waals surface area contributed by atoms with E-state index in [1.807, 2.05) is 13.0 Å². The molecule has 3 atom stereocenters. The lowest BCUT2D eigenvalue weighted by Gasteiger charge is -2.43. The third kappa shape index (κ3) is 2.10. The Morgan fingerprint density at radius 2 is 2.00 bits per heavy atom. The zero-order valence-electron chi connectivity index (χ0n) is 8.43. The van der Waals surface area contributed by atoms with E-state index in [0.29, 0.717) is 5.92 Å². The Morgan fingerprint density at radius 3 is 2.42 bits per heavy atom. The van der Waals surface area contributed by atoms with Crippen molar-refractivity contribution in [2.24, 2.45) is 11.3 Å². The first-order chi connectivity index (χ1) is 5.37. The molecule has 0 aromatic rings. The third-order valence-electron chi connectivity index (χ3n) is 2.88. The van der Waals surface area contributed by atoms with Crippen molar-refractivity contribution in [3.8, 4) is 0 Å². The molecule has 1 saturated carbocycles. The Hall–Kier alpha value is -0.300. The van der Waals surface area contributed by atoms with Crippen molar-refractivity contribution >= 4 is 0 Å². The van der Waals surface area contributed by atoms with Gasteiger partial charge in [-0.05, 0) is 37.5 Å². The average Bonchev–Trinajstić information content (AvgIpc) is 1.82. The number of hydrogen-bond acceptors (Lipinski definition) is 1. The van der Waals surface area contributed by atoms with E-state index in [2.05, 4.69) is 20.4 Å². The van der Waals surface area contributed by atoms with E-state index < -0.39 is 5.60 Å². The molecule has 0 bridgehead atoms. The Balaban J connectivity index is 2.76. The van der Waals surface area contributed by atoms with Crippen molar-refractivity contribution in [2.45, 2.75) is 45.6 Å². The molecule has 70 valence electrons. The second kappa shape index (κ2) is 2.88. The molecule has 0 aliphatic heterocycles. The summed E-state index contributed by atoms with van der Waals surface area (Å²) in [6.07, 6.45) is 4.94. The molecule has 1 nitrogen and oxygen atoms in total. The Morgan fingerprint density at radius 1 is 1.42 bits per heavy atom. The molecule has 1 heteroatoms. The lowest BCUT2D eigenvalue weighted by atomic mass is 9.65. The molecule has 1 fully saturated rings. The highest BCUT2D eigenvalue weighted by atomic mass is 16.3. The van der Waals surface area contributed by atoms with Gasteiger partial charge in [-0.2, -0.15) is 0 Å². The highest BCUT2D eigenvalue weighted by molar-refractivity contribution is 5.01. The standard InChI is InChI=1S/C11H20O/c1-5-10(3)6-9(2)7-11(4,12)8-10/h5,9,12H,1,6-8H2,2-4H3. The molecule has 0 aromatic heterocycles. The molecule has 1 rings (SSSR count). The second-order valence-electron chi connectivity index (χ2n) is 5.05. The molecule has 12 heavy (non-hydrogen) atoms. The molecule has 0 heterocycles. The molecular weight excluding hydrogens is 148 g/mol. The van der Waals surface area contributed by atoms with Gasteiger partial charge in [0, 0.05) is 0 Å². The summed E-state index contributed by atoms with van der Waals surface area (Å²) in [5.41, 5.74) is -0.345. The van der Waals surface area contributed by atoms with Crippen LogP contribution in [0.5, 0.6) is 0 Å². The molecule has 0 aromatic carbocycles. The zero-order valence-corrected chi connectivity index (χ0v) is 8.43. The highest BCUT2D eigenvalue weighted by Gasteiger charge is 2.39. The summed E-state index contributed by atoms with van der Waals surface area (Å²) in [4.78, 5) is 0. The molecule has 0 amide bonds. The third-order valence-corrected chi connectivity index (χ3v) is 2.88. The summed E-state index contributed by atoms with van der Waals surface area (Å²) in [7, 11) is 0. The number of allylic oxidation sites excluding steroid dienone is 1. The monoisotopic (exact) mass is 168 g/mol. The molecule has 0 spiro atoms. The first-order valence-corrected chi connectivity index (χ1v) is 4.73. The molecule has 1 aliphatic rings. The zero-order chi connectivity index (χ0) is 9.41. The maximum Gasteiger partial charge on any atom is 0.0630 e. The summed E-state index contributed by atoms with van der Waals surface area (Å²) in [5, 5.41) is 9.96. The van der Waals surface area contributed by atoms with Gasteiger partial charge in [-0.25, -0.2) is 0 Å². The highest BCUT2D eigenvalue weighted by Crippen LogP contribution is 2.44. The van der Waals surface area contributed by atoms with Gasteiger partial charge < -0.3 is 5.11 Å². The van der Waals surface area contributed by atoms with E-state index >= 15 is 0 Å². The maximum absolute atomic E-state index is 9.96. The van der Waals surface area contributed by atoms with Gasteiger partial charge in [0.15, 0.2) is 0 Å². The largest absolute Gasteiger partial charge is 0.390 e. The minimum absolute atomic E-state index is 0.140. The van der Waals surface area contributed by atoms with Gasteiger partial charge in [-0.15, -0.1) is 6.58 Å². The lowest BCUT2D eigenvalue weighted by molar-refractivity contribution is -0.0345. The van der Waals surface area contributed by atoms with E-state index in [9.17, 15) is 5.11 Å². The van der Waals surface area contributed by atoms with Crippen LogP contribution in [0.2, 0.25) is 0 Å². The lowest BCUT2D eigenvalue weighted by Crippen LogP contribution is -2.39. The van der Waals surface area contributed by atoms with Crippen LogP contribution in [-0.2, 0) is 0 Å². The van der Waals surface area contributed by atoms with Crippen LogP contribution in [-0.4, -0.2) is 10.7 Å². The first kappa shape index (κ1) is 9.79. The van der Waals surface area contributed by atoms with Crippen LogP contribution in [0.3, 0.4) is 0 Å². The smallest absolute Gasteiger partial charge is 0.0630 e. The van der Waals surface area contributed by atoms with Gasteiger partial charge in [0.2, 0.25) is 0 Å². The van der Waals surface area contributed by atoms with Crippen LogP contribution in [0.1, 0.15) is 40.0 Å². The SMILES string of the molecule is C=CC1(C)CC(C)CC(C)(O)C1. The van der Waals surface area contributed by atoms with Gasteiger partial charge in [-0.3, -0.25) is 0 Å². The molecule has 1 N–H and O–H groups in total. The molecule has 0 radical (unpaired) electrons. The van der Waals surface area contributed by atoms with E-state index in [0.717, 1.165) is 19.3 Å². The van der Waals surface area contributed by atoms with Crippen LogP contribution < -0.4 is 0 Å². The molecule has 0 saturated heterocycles. The summed E-state index contributed by atoms with van der Waals surface area (Å²) >= 11 is 0. The summed E-state index contributed by atoms with van der Waals surface area (Å²) in [6, 6.07) is 0. The topological polar surface area (TPSA) is 20.2 Å². The minimum Gasteiger partial charge on any atom is -0.390 e. The molecule has 1 aliphatic carbocycles. The Labute approximate surface area is 75.5 Å². The van der Waals surface area contributed by atoms with E-state index in [1.54, 1.807) is 0 Å². The quantitative estimate of drug-likeness (QED) is 0.597. The van der Waals surface area contributed by atoms with Gasteiger partial charge in [0.1, 0.15) is 0 Å². The fourth-order valence-electron chi connectivity index (χ4n) is 2.79. The Bertz CT molecular complexity index is 183. The predicted octanol–water partition coefficient (Wildman–Crippen LogP) is 2.75. The van der Waals surface area contributed by atoms with Crippen LogP contribution in [0.25, 0.3) is 0 Å². The van der Waals surface area contributed by atoms with Crippen LogP contribution in [0.15, 0.2) is 12.7 Å². The minimum atomic E-state index is -0.486. The summed E-state index contributed by atoms with van der Waals surface area (Å²) in [5.74, 6) is 0.608. The fraction of sp³-hybridized carbons (Fsp3) is 0.818. The van der Waals surface area contributed by atoms with Crippen molar-refractivity contribution in [3.05, 3.63) is 12.7 Å². The van der Waals surface area contributed by atoms with Gasteiger partial charge >= 0.3 is 0 Å². The number of rotatable bonds is 1. The number of aliphatic hydroxyl groups is 1. The second-order valence-corrected chi connectivity index (χ2v) is 5.05. The summed E-state index contributed by atoms with van der Waals surface area (Å²) in [6.45, 7) is 10.2. The van der Waals surface area contributed by atoms with Crippen LogP contribution in [0.4, 0.5) is 0 Å². The maximum atomic E-state index is 9.96. The van der Waals surface area contributed by atoms with E-state index in [-0.39, 0.29) is 5.41 Å². The van der Waals surface area contributed by atoms with Crippen LogP contribution in [0, 0.1) is 11.3 Å². The van der Waals surface area contributed by atoms with Gasteiger partial charge in [-0.1, -0.05) is 19.9 Å². The van der Waals surface area contributed by atoms with Crippen molar-refractivity contribution in [3.63, 3.8) is 0 Å². The van der Waals surface area contributed by atoms with E-state index in [1.165, 1.54) is 0 Å². The van der Waals surface area contributed by atoms with Crippen LogP contribution >= 0.6 is 0 Å². The number of hydrogen-bond donors (Lipinski definition) is 1. The van der Waals surface area contributed by atoms with Crippen molar-refractivity contribution < 1.29 is 5.11 Å².